The first-order valence-electron chi connectivity index (χ1n) is 6.08. The zero-order chi connectivity index (χ0) is 14.6. The fourth-order valence-electron chi connectivity index (χ4n) is 1.73. The molecule has 0 radical (unpaired) electrons. The van der Waals surface area contributed by atoms with Crippen LogP contribution in [0, 0.1) is 12.3 Å². The number of rotatable bonds is 5. The van der Waals surface area contributed by atoms with Crippen molar-refractivity contribution in [3.05, 3.63) is 29.3 Å². The Morgan fingerprint density at radius 2 is 1.95 bits per heavy atom. The highest BCUT2D eigenvalue weighted by atomic mass is 16.4. The lowest BCUT2D eigenvalue weighted by Crippen LogP contribution is -2.39. The number of aromatic carboxylic acids is 1. The van der Waals surface area contributed by atoms with Gasteiger partial charge in [-0.15, -0.1) is 0 Å². The van der Waals surface area contributed by atoms with Crippen LogP contribution in [0.2, 0.25) is 0 Å². The molecular formula is C14H20N2O3. The van der Waals surface area contributed by atoms with Crippen LogP contribution in [0.3, 0.4) is 0 Å². The van der Waals surface area contributed by atoms with Gasteiger partial charge in [0.25, 0.3) is 0 Å². The van der Waals surface area contributed by atoms with Crippen LogP contribution in [0.5, 0.6) is 0 Å². The smallest absolute Gasteiger partial charge is 0.335 e. The van der Waals surface area contributed by atoms with E-state index in [0.29, 0.717) is 6.54 Å². The third kappa shape index (κ3) is 3.71. The standard InChI is InChI=1S/C14H20N2O3/c1-9-7-10(12(17)18)5-6-11(9)16-8-14(2,3)13(19)15-4/h5-7,16H,8H2,1-4H3,(H,15,19)(H,17,18). The highest BCUT2D eigenvalue weighted by Crippen LogP contribution is 2.20. The summed E-state index contributed by atoms with van der Waals surface area (Å²) in [6, 6.07) is 4.88. The Morgan fingerprint density at radius 3 is 2.42 bits per heavy atom. The summed E-state index contributed by atoms with van der Waals surface area (Å²) in [6.07, 6.45) is 0. The second-order valence-corrected chi connectivity index (χ2v) is 5.15. The molecule has 0 spiro atoms. The SMILES string of the molecule is CNC(=O)C(C)(C)CNc1ccc(C(=O)O)cc1C. The first-order chi connectivity index (χ1) is 8.77. The van der Waals surface area contributed by atoms with E-state index in [9.17, 15) is 9.59 Å². The van der Waals surface area contributed by atoms with E-state index in [0.717, 1.165) is 11.3 Å². The molecule has 0 aromatic heterocycles. The minimum atomic E-state index is -0.944. The number of carbonyl (C=O) groups excluding carboxylic acids is 1. The van der Waals surface area contributed by atoms with Crippen molar-refractivity contribution >= 4 is 17.6 Å². The van der Waals surface area contributed by atoms with Crippen LogP contribution in [-0.2, 0) is 4.79 Å². The Labute approximate surface area is 113 Å². The molecule has 5 heteroatoms. The van der Waals surface area contributed by atoms with Crippen LogP contribution in [-0.4, -0.2) is 30.6 Å². The van der Waals surface area contributed by atoms with Crippen molar-refractivity contribution in [2.45, 2.75) is 20.8 Å². The summed E-state index contributed by atoms with van der Waals surface area (Å²) >= 11 is 0. The predicted octanol–water partition coefficient (Wildman–Crippen LogP) is 1.88. The molecule has 5 nitrogen and oxygen atoms in total. The summed E-state index contributed by atoms with van der Waals surface area (Å²) in [4.78, 5) is 22.5. The van der Waals surface area contributed by atoms with Crippen molar-refractivity contribution in [3.63, 3.8) is 0 Å². The molecule has 1 amide bonds. The molecule has 1 aromatic carbocycles. The van der Waals surface area contributed by atoms with Gasteiger partial charge in [-0.2, -0.15) is 0 Å². The minimum Gasteiger partial charge on any atom is -0.478 e. The number of amides is 1. The van der Waals surface area contributed by atoms with Crippen molar-refractivity contribution < 1.29 is 14.7 Å². The van der Waals surface area contributed by atoms with E-state index < -0.39 is 11.4 Å². The van der Waals surface area contributed by atoms with E-state index in [2.05, 4.69) is 10.6 Å². The highest BCUT2D eigenvalue weighted by Gasteiger charge is 2.26. The lowest BCUT2D eigenvalue weighted by Gasteiger charge is -2.24. The monoisotopic (exact) mass is 264 g/mol. The topological polar surface area (TPSA) is 78.4 Å². The van der Waals surface area contributed by atoms with E-state index in [1.807, 2.05) is 20.8 Å². The summed E-state index contributed by atoms with van der Waals surface area (Å²) in [5, 5.41) is 14.7. The average molecular weight is 264 g/mol. The lowest BCUT2D eigenvalue weighted by atomic mass is 9.92. The van der Waals surface area contributed by atoms with Gasteiger partial charge in [-0.05, 0) is 44.5 Å². The van der Waals surface area contributed by atoms with Crippen LogP contribution < -0.4 is 10.6 Å². The van der Waals surface area contributed by atoms with Crippen LogP contribution in [0.25, 0.3) is 0 Å². The Hall–Kier alpha value is -2.04. The number of carboxylic acid groups (broad SMARTS) is 1. The quantitative estimate of drug-likeness (QED) is 0.758. The van der Waals surface area contributed by atoms with Crippen molar-refractivity contribution in [1.82, 2.24) is 5.32 Å². The second kappa shape index (κ2) is 5.73. The number of carboxylic acids is 1. The van der Waals surface area contributed by atoms with Gasteiger partial charge >= 0.3 is 5.97 Å². The van der Waals surface area contributed by atoms with E-state index in [-0.39, 0.29) is 11.5 Å². The fourth-order valence-corrected chi connectivity index (χ4v) is 1.73. The van der Waals surface area contributed by atoms with Gasteiger partial charge in [0.05, 0.1) is 11.0 Å². The molecule has 0 saturated carbocycles. The van der Waals surface area contributed by atoms with Gasteiger partial charge in [-0.25, -0.2) is 4.79 Å². The van der Waals surface area contributed by atoms with Crippen LogP contribution in [0.15, 0.2) is 18.2 Å². The van der Waals surface area contributed by atoms with Gasteiger partial charge in [0.1, 0.15) is 0 Å². The Bertz CT molecular complexity index is 495. The van der Waals surface area contributed by atoms with Gasteiger partial charge in [0.15, 0.2) is 0 Å². The number of anilines is 1. The maximum Gasteiger partial charge on any atom is 0.335 e. The number of aryl methyl sites for hydroxylation is 1. The summed E-state index contributed by atoms with van der Waals surface area (Å²) < 4.78 is 0. The molecule has 0 aliphatic carbocycles. The molecule has 0 atom stereocenters. The highest BCUT2D eigenvalue weighted by molar-refractivity contribution is 5.88. The molecule has 1 aromatic rings. The van der Waals surface area contributed by atoms with E-state index >= 15 is 0 Å². The Balaban J connectivity index is 2.79. The third-order valence-electron chi connectivity index (χ3n) is 3.04. The molecule has 0 fully saturated rings. The number of benzene rings is 1. The maximum atomic E-state index is 11.7. The number of carbonyl (C=O) groups is 2. The molecule has 3 N–H and O–H groups in total. The average Bonchev–Trinajstić information content (AvgIpc) is 2.36. The van der Waals surface area contributed by atoms with Gasteiger partial charge in [0.2, 0.25) is 5.91 Å². The predicted molar refractivity (Wildman–Crippen MR) is 74.5 cm³/mol. The van der Waals surface area contributed by atoms with Crippen LogP contribution >= 0.6 is 0 Å². The molecule has 1 rings (SSSR count). The summed E-state index contributed by atoms with van der Waals surface area (Å²) in [5.74, 6) is -0.986. The number of nitrogens with one attached hydrogen (secondary N) is 2. The molecule has 19 heavy (non-hydrogen) atoms. The first kappa shape index (κ1) is 15.0. The zero-order valence-corrected chi connectivity index (χ0v) is 11.7. The molecular weight excluding hydrogens is 244 g/mol. The zero-order valence-electron chi connectivity index (χ0n) is 11.7. The summed E-state index contributed by atoms with van der Waals surface area (Å²) in [7, 11) is 1.61. The molecule has 0 unspecified atom stereocenters. The van der Waals surface area contributed by atoms with Gasteiger partial charge < -0.3 is 15.7 Å². The van der Waals surface area contributed by atoms with Gasteiger partial charge in [0, 0.05) is 19.3 Å². The van der Waals surface area contributed by atoms with Crippen LogP contribution in [0.4, 0.5) is 5.69 Å². The van der Waals surface area contributed by atoms with E-state index in [1.54, 1.807) is 25.2 Å². The largest absolute Gasteiger partial charge is 0.478 e. The molecule has 0 heterocycles. The maximum absolute atomic E-state index is 11.7. The number of hydrogen-bond donors (Lipinski definition) is 3. The molecule has 0 aliphatic rings. The lowest BCUT2D eigenvalue weighted by molar-refractivity contribution is -0.128. The molecule has 0 saturated heterocycles. The van der Waals surface area contributed by atoms with E-state index in [4.69, 9.17) is 5.11 Å². The van der Waals surface area contributed by atoms with Crippen LogP contribution in [0.1, 0.15) is 29.8 Å². The number of hydrogen-bond acceptors (Lipinski definition) is 3. The molecule has 104 valence electrons. The van der Waals surface area contributed by atoms with Gasteiger partial charge in [-0.3, -0.25) is 4.79 Å². The van der Waals surface area contributed by atoms with Gasteiger partial charge in [-0.1, -0.05) is 0 Å². The van der Waals surface area contributed by atoms with Crippen molar-refractivity contribution in [2.24, 2.45) is 5.41 Å². The fraction of sp³-hybridized carbons (Fsp3) is 0.429. The molecule has 0 bridgehead atoms. The van der Waals surface area contributed by atoms with E-state index in [1.165, 1.54) is 0 Å². The minimum absolute atomic E-state index is 0.0418. The summed E-state index contributed by atoms with van der Waals surface area (Å²) in [6.45, 7) is 6.00. The Kier molecular flexibility index (Phi) is 4.53. The Morgan fingerprint density at radius 1 is 1.32 bits per heavy atom. The van der Waals surface area contributed by atoms with Crippen molar-refractivity contribution in [3.8, 4) is 0 Å². The van der Waals surface area contributed by atoms with Crippen molar-refractivity contribution in [2.75, 3.05) is 18.9 Å². The van der Waals surface area contributed by atoms with Crippen molar-refractivity contribution in [1.29, 1.82) is 0 Å². The normalized spacial score (nSPS) is 10.9. The summed E-state index contributed by atoms with van der Waals surface area (Å²) in [5.41, 5.74) is 1.40. The second-order valence-electron chi connectivity index (χ2n) is 5.15. The first-order valence-corrected chi connectivity index (χ1v) is 6.08. The third-order valence-corrected chi connectivity index (χ3v) is 3.04. The molecule has 0 aliphatic heterocycles.